The van der Waals surface area contributed by atoms with Gasteiger partial charge in [0.15, 0.2) is 5.65 Å². The van der Waals surface area contributed by atoms with Gasteiger partial charge in [0, 0.05) is 19.5 Å². The van der Waals surface area contributed by atoms with E-state index in [9.17, 15) is 0 Å². The van der Waals surface area contributed by atoms with Gasteiger partial charge in [-0.05, 0) is 12.1 Å². The molecule has 0 saturated carbocycles. The summed E-state index contributed by atoms with van der Waals surface area (Å²) in [6, 6.07) is 3.88. The maximum Gasteiger partial charge on any atom is 0.159 e. The van der Waals surface area contributed by atoms with Crippen molar-refractivity contribution in [1.29, 1.82) is 0 Å². The van der Waals surface area contributed by atoms with Gasteiger partial charge in [-0.2, -0.15) is 5.10 Å². The first-order chi connectivity index (χ1) is 6.31. The quantitative estimate of drug-likeness (QED) is 0.656. The van der Waals surface area contributed by atoms with Crippen molar-refractivity contribution in [2.45, 2.75) is 0 Å². The van der Waals surface area contributed by atoms with E-state index in [0.29, 0.717) is 0 Å². The molecule has 2 aromatic rings. The largest absolute Gasteiger partial charge is 0.306 e. The van der Waals surface area contributed by atoms with Crippen LogP contribution in [0.15, 0.2) is 18.3 Å². The van der Waals surface area contributed by atoms with Crippen LogP contribution in [-0.2, 0) is 7.05 Å². The average molecular weight is 177 g/mol. The molecule has 2 N–H and O–H groups in total. The summed E-state index contributed by atoms with van der Waals surface area (Å²) in [5.41, 5.74) is 6.61. The van der Waals surface area contributed by atoms with Crippen molar-refractivity contribution in [3.8, 4) is 0 Å². The average Bonchev–Trinajstić information content (AvgIpc) is 2.49. The van der Waals surface area contributed by atoms with Gasteiger partial charge in [-0.1, -0.05) is 0 Å². The van der Waals surface area contributed by atoms with E-state index in [1.165, 1.54) is 0 Å². The third kappa shape index (κ3) is 1.33. The molecular weight excluding hydrogens is 166 g/mol. The fraction of sp³-hybridized carbons (Fsp3) is 0.250. The summed E-state index contributed by atoms with van der Waals surface area (Å²) in [6.45, 7) is 0. The van der Waals surface area contributed by atoms with E-state index < -0.39 is 0 Å². The van der Waals surface area contributed by atoms with Crippen LogP contribution in [0.5, 0.6) is 0 Å². The summed E-state index contributed by atoms with van der Waals surface area (Å²) in [6.07, 6.45) is 1.80. The summed E-state index contributed by atoms with van der Waals surface area (Å²) in [4.78, 5) is 4.35. The van der Waals surface area contributed by atoms with Crippen molar-refractivity contribution < 1.29 is 0 Å². The van der Waals surface area contributed by atoms with Gasteiger partial charge < -0.3 is 5.43 Å². The number of aryl methyl sites for hydroxylation is 1. The van der Waals surface area contributed by atoms with Crippen LogP contribution < -0.4 is 10.9 Å². The molecule has 0 saturated heterocycles. The molecule has 2 rings (SSSR count). The number of aromatic nitrogens is 3. The second-order valence-corrected chi connectivity index (χ2v) is 2.75. The van der Waals surface area contributed by atoms with Crippen LogP contribution in [0.25, 0.3) is 11.0 Å². The number of pyridine rings is 1. The van der Waals surface area contributed by atoms with Gasteiger partial charge in [0.2, 0.25) is 0 Å². The molecule has 5 heteroatoms. The van der Waals surface area contributed by atoms with Crippen molar-refractivity contribution in [2.24, 2.45) is 7.05 Å². The fourth-order valence-corrected chi connectivity index (χ4v) is 1.22. The predicted octanol–water partition coefficient (Wildman–Crippen LogP) is 0.515. The Morgan fingerprint density at radius 1 is 1.38 bits per heavy atom. The molecule has 0 aliphatic heterocycles. The summed E-state index contributed by atoms with van der Waals surface area (Å²) < 4.78 is 1.75. The molecular formula is C8H11N5. The number of rotatable bonds is 2. The zero-order chi connectivity index (χ0) is 9.26. The van der Waals surface area contributed by atoms with Crippen LogP contribution in [0.2, 0.25) is 0 Å². The van der Waals surface area contributed by atoms with E-state index in [1.54, 1.807) is 17.9 Å². The highest BCUT2D eigenvalue weighted by molar-refractivity contribution is 5.76. The van der Waals surface area contributed by atoms with E-state index in [0.717, 1.165) is 16.9 Å². The van der Waals surface area contributed by atoms with E-state index in [4.69, 9.17) is 0 Å². The number of nitrogens with one attached hydrogen (secondary N) is 2. The molecule has 0 aliphatic carbocycles. The minimum atomic E-state index is 0.790. The van der Waals surface area contributed by atoms with Gasteiger partial charge in [-0.3, -0.25) is 4.68 Å². The second-order valence-electron chi connectivity index (χ2n) is 2.75. The number of hydrazine groups is 1. The van der Waals surface area contributed by atoms with Crippen molar-refractivity contribution in [3.05, 3.63) is 18.3 Å². The van der Waals surface area contributed by atoms with Crippen LogP contribution >= 0.6 is 0 Å². The highest BCUT2D eigenvalue weighted by Crippen LogP contribution is 2.12. The third-order valence-corrected chi connectivity index (χ3v) is 1.83. The topological polar surface area (TPSA) is 54.8 Å². The molecule has 0 unspecified atom stereocenters. The first kappa shape index (κ1) is 8.00. The van der Waals surface area contributed by atoms with Crippen LogP contribution in [0.1, 0.15) is 0 Å². The van der Waals surface area contributed by atoms with E-state index in [2.05, 4.69) is 20.9 Å². The smallest absolute Gasteiger partial charge is 0.159 e. The Labute approximate surface area is 75.7 Å². The van der Waals surface area contributed by atoms with Gasteiger partial charge in [0.25, 0.3) is 0 Å². The maximum absolute atomic E-state index is 4.35. The Bertz CT molecular complexity index is 419. The van der Waals surface area contributed by atoms with Crippen LogP contribution in [0.3, 0.4) is 0 Å². The summed E-state index contributed by atoms with van der Waals surface area (Å²) in [5, 5.41) is 5.15. The van der Waals surface area contributed by atoms with Crippen molar-refractivity contribution in [2.75, 3.05) is 12.5 Å². The molecule has 2 heterocycles. The Morgan fingerprint density at radius 3 is 3.00 bits per heavy atom. The number of fused-ring (bicyclic) bond motifs is 1. The van der Waals surface area contributed by atoms with Crippen molar-refractivity contribution in [1.82, 2.24) is 20.2 Å². The van der Waals surface area contributed by atoms with Gasteiger partial charge >= 0.3 is 0 Å². The highest BCUT2D eigenvalue weighted by atomic mass is 15.4. The van der Waals surface area contributed by atoms with E-state index >= 15 is 0 Å². The lowest BCUT2D eigenvalue weighted by Crippen LogP contribution is -2.16. The Hall–Kier alpha value is -1.62. The Kier molecular flexibility index (Phi) is 1.86. The maximum atomic E-state index is 4.35. The molecule has 0 radical (unpaired) electrons. The molecule has 0 spiro atoms. The zero-order valence-electron chi connectivity index (χ0n) is 7.57. The van der Waals surface area contributed by atoms with Crippen molar-refractivity contribution in [3.63, 3.8) is 0 Å². The van der Waals surface area contributed by atoms with Crippen LogP contribution in [-0.4, -0.2) is 21.8 Å². The van der Waals surface area contributed by atoms with Crippen LogP contribution in [0.4, 0.5) is 5.82 Å². The zero-order valence-corrected chi connectivity index (χ0v) is 7.57. The van der Waals surface area contributed by atoms with Crippen molar-refractivity contribution >= 4 is 16.9 Å². The normalized spacial score (nSPS) is 10.6. The third-order valence-electron chi connectivity index (χ3n) is 1.83. The molecule has 13 heavy (non-hydrogen) atoms. The lowest BCUT2D eigenvalue weighted by Gasteiger charge is -2.02. The molecule has 68 valence electrons. The second kappa shape index (κ2) is 3.02. The first-order valence-corrected chi connectivity index (χ1v) is 4.03. The minimum Gasteiger partial charge on any atom is -0.306 e. The molecule has 0 aliphatic rings. The first-order valence-electron chi connectivity index (χ1n) is 4.03. The lowest BCUT2D eigenvalue weighted by molar-refractivity contribution is 0.786. The minimum absolute atomic E-state index is 0.790. The number of hydrogen-bond donors (Lipinski definition) is 2. The monoisotopic (exact) mass is 177 g/mol. The van der Waals surface area contributed by atoms with Crippen LogP contribution in [0, 0.1) is 0 Å². The molecule has 0 aromatic carbocycles. The number of hydrogen-bond acceptors (Lipinski definition) is 4. The fourth-order valence-electron chi connectivity index (χ4n) is 1.22. The molecule has 0 atom stereocenters. The predicted molar refractivity (Wildman–Crippen MR) is 51.2 cm³/mol. The van der Waals surface area contributed by atoms with Gasteiger partial charge in [0.1, 0.15) is 5.82 Å². The standard InChI is InChI=1S/C8H11N5/c1-9-12-7-4-3-6-5-10-13(2)8(6)11-7/h3-5,9H,1-2H3,(H,11,12). The van der Waals surface area contributed by atoms with E-state index in [-0.39, 0.29) is 0 Å². The Balaban J connectivity index is 2.53. The molecule has 0 bridgehead atoms. The SMILES string of the molecule is CNNc1ccc2cnn(C)c2n1. The summed E-state index contributed by atoms with van der Waals surface area (Å²) >= 11 is 0. The molecule has 2 aromatic heterocycles. The number of anilines is 1. The summed E-state index contributed by atoms with van der Waals surface area (Å²) in [5.74, 6) is 0.790. The number of nitrogens with zero attached hydrogens (tertiary/aromatic N) is 3. The lowest BCUT2D eigenvalue weighted by atomic mass is 10.3. The highest BCUT2D eigenvalue weighted by Gasteiger charge is 2.00. The van der Waals surface area contributed by atoms with Gasteiger partial charge in [0.05, 0.1) is 6.20 Å². The van der Waals surface area contributed by atoms with E-state index in [1.807, 2.05) is 19.2 Å². The Morgan fingerprint density at radius 2 is 2.23 bits per heavy atom. The molecule has 5 nitrogen and oxygen atoms in total. The van der Waals surface area contributed by atoms with Gasteiger partial charge in [-0.25, -0.2) is 10.4 Å². The van der Waals surface area contributed by atoms with Gasteiger partial charge in [-0.15, -0.1) is 0 Å². The molecule has 0 fully saturated rings. The molecule has 0 amide bonds. The summed E-state index contributed by atoms with van der Waals surface area (Å²) in [7, 11) is 3.67.